The number of likely N-dealkylation sites (N-methyl/N-ethyl adjacent to an activating group) is 1. The molecule has 146 valence electrons. The minimum atomic E-state index is -0.109. The number of nitrogens with one attached hydrogen (secondary N) is 1. The van der Waals surface area contributed by atoms with Crippen LogP contribution in [0.5, 0.6) is 5.75 Å². The number of hydrogen-bond donors (Lipinski definition) is 1. The van der Waals surface area contributed by atoms with Gasteiger partial charge in [0.1, 0.15) is 12.0 Å². The summed E-state index contributed by atoms with van der Waals surface area (Å²) in [5.74, 6) is 0.519. The van der Waals surface area contributed by atoms with E-state index in [1.807, 2.05) is 0 Å². The summed E-state index contributed by atoms with van der Waals surface area (Å²) in [6, 6.07) is 7.53. The van der Waals surface area contributed by atoms with Crippen molar-refractivity contribution in [1.82, 2.24) is 10.2 Å². The minimum absolute atomic E-state index is 0.00784. The van der Waals surface area contributed by atoms with Crippen molar-refractivity contribution in [3.63, 3.8) is 0 Å². The maximum Gasteiger partial charge on any atom is 0.258 e. The third-order valence-corrected chi connectivity index (χ3v) is 4.19. The number of hydrogen-bond acceptors (Lipinski definition) is 4. The zero-order valence-electron chi connectivity index (χ0n) is 16.0. The van der Waals surface area contributed by atoms with Crippen molar-refractivity contribution in [3.8, 4) is 5.75 Å². The summed E-state index contributed by atoms with van der Waals surface area (Å²) in [6.45, 7) is 5.21. The summed E-state index contributed by atoms with van der Waals surface area (Å²) in [7, 11) is 2.06. The first-order valence-corrected chi connectivity index (χ1v) is 9.71. The molecule has 1 N–H and O–H groups in total. The van der Waals surface area contributed by atoms with Crippen LogP contribution in [-0.4, -0.2) is 49.4 Å². The van der Waals surface area contributed by atoms with E-state index in [9.17, 15) is 9.59 Å². The van der Waals surface area contributed by atoms with Crippen molar-refractivity contribution >= 4 is 23.8 Å². The number of unbranched alkanes of at least 4 members (excludes halogenated alkanes) is 2. The molecule has 0 aromatic heterocycles. The van der Waals surface area contributed by atoms with Gasteiger partial charge in [0.15, 0.2) is 6.61 Å². The molecule has 2 unspecified atom stereocenters. The highest BCUT2D eigenvalue weighted by Gasteiger charge is 2.40. The number of ether oxygens (including phenoxy) is 1. The number of rotatable bonds is 10. The third kappa shape index (κ3) is 9.20. The van der Waals surface area contributed by atoms with E-state index in [4.69, 9.17) is 16.3 Å². The van der Waals surface area contributed by atoms with Gasteiger partial charge < -0.3 is 19.7 Å². The van der Waals surface area contributed by atoms with Gasteiger partial charge in [0.05, 0.1) is 0 Å². The molecule has 1 fully saturated rings. The number of benzene rings is 1. The zero-order valence-corrected chi connectivity index (χ0v) is 16.8. The average Bonchev–Trinajstić information content (AvgIpc) is 3.38. The Balaban J connectivity index is 0.00000105. The van der Waals surface area contributed by atoms with Gasteiger partial charge in [-0.15, -0.1) is 0 Å². The molecule has 0 radical (unpaired) electrons. The largest absolute Gasteiger partial charge is 0.484 e. The number of halogens is 1. The molecule has 5 nitrogen and oxygen atoms in total. The topological polar surface area (TPSA) is 58.6 Å². The number of carbonyl (C=O) groups is 2. The molecule has 1 amide bonds. The molecular formula is C20H31ClN2O3. The second-order valence-corrected chi connectivity index (χ2v) is 7.01. The predicted octanol–water partition coefficient (Wildman–Crippen LogP) is 3.69. The molecule has 0 aliphatic heterocycles. The lowest BCUT2D eigenvalue weighted by molar-refractivity contribution is -0.123. The van der Waals surface area contributed by atoms with E-state index >= 15 is 0 Å². The molecule has 6 heteroatoms. The number of nitrogens with zero attached hydrogens (tertiary/aromatic N) is 1. The molecule has 2 rings (SSSR count). The van der Waals surface area contributed by atoms with Crippen LogP contribution in [0.3, 0.4) is 0 Å². The molecule has 1 aliphatic rings. The van der Waals surface area contributed by atoms with E-state index in [1.165, 1.54) is 6.42 Å². The van der Waals surface area contributed by atoms with Crippen molar-refractivity contribution in [3.05, 3.63) is 29.3 Å². The highest BCUT2D eigenvalue weighted by Crippen LogP contribution is 2.27. The van der Waals surface area contributed by atoms with Crippen molar-refractivity contribution in [2.45, 2.75) is 58.0 Å². The molecule has 1 saturated carbocycles. The fourth-order valence-electron chi connectivity index (χ4n) is 2.51. The van der Waals surface area contributed by atoms with Gasteiger partial charge in [-0.25, -0.2) is 0 Å². The van der Waals surface area contributed by atoms with E-state index in [-0.39, 0.29) is 18.6 Å². The van der Waals surface area contributed by atoms with Crippen LogP contribution in [0.2, 0.25) is 5.02 Å². The van der Waals surface area contributed by atoms with Gasteiger partial charge in [0.2, 0.25) is 0 Å². The normalized spacial score (nSPS) is 17.9. The Labute approximate surface area is 162 Å². The van der Waals surface area contributed by atoms with Gasteiger partial charge in [-0.2, -0.15) is 0 Å². The standard InChI is InChI=1S/C17H23ClN2O3.C3H8/c1-20(9-3-2-4-10-21)16-11-15(16)19-17(22)12-23-14-7-5-13(18)6-8-14;1-3-2/h5-8,10,15-16H,2-4,9,11-12H2,1H3,(H,19,22);3H2,1-2H3. The third-order valence-electron chi connectivity index (χ3n) is 3.94. The van der Waals surface area contributed by atoms with Crippen LogP contribution in [0.1, 0.15) is 46.0 Å². The maximum atomic E-state index is 11.9. The smallest absolute Gasteiger partial charge is 0.258 e. The van der Waals surface area contributed by atoms with Crippen LogP contribution in [0.4, 0.5) is 0 Å². The number of carbonyl (C=O) groups excluding carboxylic acids is 2. The van der Waals surface area contributed by atoms with Crippen LogP contribution in [-0.2, 0) is 9.59 Å². The molecule has 26 heavy (non-hydrogen) atoms. The van der Waals surface area contributed by atoms with Crippen molar-refractivity contribution in [2.24, 2.45) is 0 Å². The summed E-state index contributed by atoms with van der Waals surface area (Å²) < 4.78 is 5.42. The molecule has 0 saturated heterocycles. The van der Waals surface area contributed by atoms with Gasteiger partial charge in [0.25, 0.3) is 5.91 Å². The molecule has 0 bridgehead atoms. The second kappa shape index (κ2) is 12.7. The maximum absolute atomic E-state index is 11.9. The Bertz CT molecular complexity index is 536. The SMILES string of the molecule is CCC.CN(CCCCC=O)C1CC1NC(=O)COc1ccc(Cl)cc1. The molecule has 1 aromatic carbocycles. The summed E-state index contributed by atoms with van der Waals surface area (Å²) in [5.41, 5.74) is 0. The lowest BCUT2D eigenvalue weighted by atomic mass is 10.2. The van der Waals surface area contributed by atoms with E-state index in [0.717, 1.165) is 32.1 Å². The van der Waals surface area contributed by atoms with Gasteiger partial charge in [-0.1, -0.05) is 31.9 Å². The summed E-state index contributed by atoms with van der Waals surface area (Å²) in [4.78, 5) is 24.4. The van der Waals surface area contributed by atoms with Crippen LogP contribution < -0.4 is 10.1 Å². The van der Waals surface area contributed by atoms with Crippen LogP contribution in [0, 0.1) is 0 Å². The van der Waals surface area contributed by atoms with E-state index < -0.39 is 0 Å². The Kier molecular flexibility index (Phi) is 11.0. The summed E-state index contributed by atoms with van der Waals surface area (Å²) in [5, 5.41) is 3.62. The van der Waals surface area contributed by atoms with Gasteiger partial charge in [-0.05, 0) is 57.1 Å². The fraction of sp³-hybridized carbons (Fsp3) is 0.600. The summed E-state index contributed by atoms with van der Waals surface area (Å²) in [6.07, 6.45) is 5.73. The highest BCUT2D eigenvalue weighted by molar-refractivity contribution is 6.30. The first-order chi connectivity index (χ1) is 12.5. The lowest BCUT2D eigenvalue weighted by Crippen LogP contribution is -2.36. The number of amides is 1. The van der Waals surface area contributed by atoms with E-state index in [0.29, 0.717) is 23.2 Å². The molecule has 0 spiro atoms. The molecule has 1 aliphatic carbocycles. The van der Waals surface area contributed by atoms with Crippen molar-refractivity contribution < 1.29 is 14.3 Å². The van der Waals surface area contributed by atoms with Gasteiger partial charge in [0, 0.05) is 23.5 Å². The molecule has 0 heterocycles. The monoisotopic (exact) mass is 382 g/mol. The molecule has 1 aromatic rings. The Hall–Kier alpha value is -1.59. The van der Waals surface area contributed by atoms with E-state index in [1.54, 1.807) is 24.3 Å². The first-order valence-electron chi connectivity index (χ1n) is 9.33. The Morgan fingerprint density at radius 1 is 1.31 bits per heavy atom. The van der Waals surface area contributed by atoms with Gasteiger partial charge in [-0.3, -0.25) is 4.79 Å². The lowest BCUT2D eigenvalue weighted by Gasteiger charge is -2.16. The van der Waals surface area contributed by atoms with E-state index in [2.05, 4.69) is 31.1 Å². The quantitative estimate of drug-likeness (QED) is 0.495. The Morgan fingerprint density at radius 3 is 2.58 bits per heavy atom. The minimum Gasteiger partial charge on any atom is -0.484 e. The molecule has 2 atom stereocenters. The van der Waals surface area contributed by atoms with Crippen LogP contribution >= 0.6 is 11.6 Å². The number of aldehydes is 1. The summed E-state index contributed by atoms with van der Waals surface area (Å²) >= 11 is 5.79. The van der Waals surface area contributed by atoms with Crippen LogP contribution in [0.15, 0.2) is 24.3 Å². The van der Waals surface area contributed by atoms with Crippen LogP contribution in [0.25, 0.3) is 0 Å². The Morgan fingerprint density at radius 2 is 1.96 bits per heavy atom. The van der Waals surface area contributed by atoms with Crippen molar-refractivity contribution in [2.75, 3.05) is 20.2 Å². The van der Waals surface area contributed by atoms with Crippen molar-refractivity contribution in [1.29, 1.82) is 0 Å². The first kappa shape index (κ1) is 22.5. The second-order valence-electron chi connectivity index (χ2n) is 6.57. The highest BCUT2D eigenvalue weighted by atomic mass is 35.5. The molecular weight excluding hydrogens is 352 g/mol. The predicted molar refractivity (Wildman–Crippen MR) is 106 cm³/mol. The average molecular weight is 383 g/mol. The van der Waals surface area contributed by atoms with Gasteiger partial charge >= 0.3 is 0 Å². The fourth-order valence-corrected chi connectivity index (χ4v) is 2.63. The zero-order chi connectivity index (χ0) is 19.4.